The molecule has 0 fully saturated rings. The fourth-order valence-electron chi connectivity index (χ4n) is 2.37. The zero-order valence-corrected chi connectivity index (χ0v) is 12.6. The van der Waals surface area contributed by atoms with Gasteiger partial charge in [0.1, 0.15) is 6.54 Å². The molecule has 0 radical (unpaired) electrons. The third kappa shape index (κ3) is 3.21. The van der Waals surface area contributed by atoms with Gasteiger partial charge in [0.15, 0.2) is 5.65 Å². The van der Waals surface area contributed by atoms with Gasteiger partial charge in [0.25, 0.3) is 0 Å². The number of aromatic amines is 2. The quantitative estimate of drug-likeness (QED) is 0.390. The van der Waals surface area contributed by atoms with Gasteiger partial charge in [0.05, 0.1) is 11.2 Å². The molecule has 0 amide bonds. The normalized spacial score (nSPS) is 11.0. The zero-order chi connectivity index (χ0) is 17.1. The van der Waals surface area contributed by atoms with Crippen LogP contribution in [0.5, 0.6) is 5.88 Å². The summed E-state index contributed by atoms with van der Waals surface area (Å²) >= 11 is 0. The molecule has 3 aromatic heterocycles. The highest BCUT2D eigenvalue weighted by atomic mass is 16.4. The zero-order valence-electron chi connectivity index (χ0n) is 12.6. The van der Waals surface area contributed by atoms with E-state index >= 15 is 0 Å². The Kier molecular flexibility index (Phi) is 4.18. The Morgan fingerprint density at radius 1 is 1.38 bits per heavy atom. The molecule has 126 valence electrons. The summed E-state index contributed by atoms with van der Waals surface area (Å²) in [6.45, 7) is -0.0309. The lowest BCUT2D eigenvalue weighted by atomic mass is 10.2. The molecule has 0 unspecified atom stereocenters. The number of aryl methyl sites for hydroxylation is 1. The van der Waals surface area contributed by atoms with Crippen LogP contribution in [-0.2, 0) is 17.8 Å². The second-order valence-electron chi connectivity index (χ2n) is 5.20. The van der Waals surface area contributed by atoms with Gasteiger partial charge in [0, 0.05) is 12.7 Å². The monoisotopic (exact) mass is 332 g/mol. The molecule has 3 aromatic rings. The molecule has 24 heavy (non-hydrogen) atoms. The number of carboxylic acids is 1. The summed E-state index contributed by atoms with van der Waals surface area (Å²) in [6.07, 6.45) is 2.65. The van der Waals surface area contributed by atoms with Gasteiger partial charge in [-0.1, -0.05) is 0 Å². The van der Waals surface area contributed by atoms with Gasteiger partial charge in [-0.2, -0.15) is 4.98 Å². The lowest BCUT2D eigenvalue weighted by molar-refractivity contribution is -0.137. The number of fused-ring (bicyclic) bond motifs is 1. The molecule has 3 rings (SSSR count). The van der Waals surface area contributed by atoms with E-state index in [4.69, 9.17) is 5.11 Å². The van der Waals surface area contributed by atoms with E-state index in [1.807, 2.05) is 12.1 Å². The molecule has 0 aromatic carbocycles. The number of imidazole rings is 2. The van der Waals surface area contributed by atoms with Gasteiger partial charge in [0.2, 0.25) is 11.8 Å². The van der Waals surface area contributed by atoms with Crippen molar-refractivity contribution < 1.29 is 15.0 Å². The lowest BCUT2D eigenvalue weighted by Crippen LogP contribution is -2.21. The Bertz CT molecular complexity index is 892. The van der Waals surface area contributed by atoms with Crippen LogP contribution in [0.1, 0.15) is 12.1 Å². The molecule has 0 saturated carbocycles. The van der Waals surface area contributed by atoms with Crippen LogP contribution >= 0.6 is 0 Å². The molecule has 0 saturated heterocycles. The van der Waals surface area contributed by atoms with Gasteiger partial charge >= 0.3 is 11.7 Å². The second kappa shape index (κ2) is 6.44. The second-order valence-corrected chi connectivity index (χ2v) is 5.20. The number of aromatic hydroxyl groups is 1. The van der Waals surface area contributed by atoms with Gasteiger partial charge in [-0.3, -0.25) is 9.36 Å². The van der Waals surface area contributed by atoms with Crippen molar-refractivity contribution in [3.05, 3.63) is 34.5 Å². The van der Waals surface area contributed by atoms with Crippen molar-refractivity contribution in [1.82, 2.24) is 24.5 Å². The molecule has 0 spiro atoms. The third-order valence-corrected chi connectivity index (χ3v) is 3.48. The number of pyridine rings is 1. The summed E-state index contributed by atoms with van der Waals surface area (Å²) in [7, 11) is 0. The molecule has 0 atom stereocenters. The predicted molar refractivity (Wildman–Crippen MR) is 85.1 cm³/mol. The highest BCUT2D eigenvalue weighted by molar-refractivity contribution is 5.72. The molecular weight excluding hydrogens is 316 g/mol. The maximum Gasteiger partial charge on any atom is 0.329 e. The third-order valence-electron chi connectivity index (χ3n) is 3.48. The smallest absolute Gasteiger partial charge is 0.329 e. The predicted octanol–water partition coefficient (Wildman–Crippen LogP) is 0.283. The van der Waals surface area contributed by atoms with Crippen molar-refractivity contribution in [2.75, 3.05) is 11.9 Å². The number of anilines is 1. The van der Waals surface area contributed by atoms with E-state index in [-0.39, 0.29) is 5.88 Å². The molecule has 0 aliphatic carbocycles. The number of nitrogens with one attached hydrogen (secondary N) is 3. The number of hydrogen-bond acceptors (Lipinski definition) is 6. The minimum absolute atomic E-state index is 0.314. The molecule has 0 aliphatic heterocycles. The van der Waals surface area contributed by atoms with E-state index in [1.54, 1.807) is 6.20 Å². The Morgan fingerprint density at radius 3 is 2.96 bits per heavy atom. The number of carboxylic acid groups (broad SMARTS) is 1. The SMILES string of the molecule is O=C(O)Cn1c(O)c(CCCNc2nc3ncccc3[nH]2)[nH]c1=O. The van der Waals surface area contributed by atoms with Gasteiger partial charge in [-0.25, -0.2) is 9.78 Å². The fourth-order valence-corrected chi connectivity index (χ4v) is 2.37. The van der Waals surface area contributed by atoms with Crippen LogP contribution < -0.4 is 11.0 Å². The van der Waals surface area contributed by atoms with Crippen LogP contribution in [-0.4, -0.2) is 47.2 Å². The van der Waals surface area contributed by atoms with Crippen molar-refractivity contribution in [3.63, 3.8) is 0 Å². The standard InChI is InChI=1S/C14H16N6O4/c21-10(22)7-20-12(23)9(18-14(20)24)4-2-6-16-13-17-8-3-1-5-15-11(8)19-13/h1,3,5,23H,2,4,6-7H2,(H,18,24)(H,21,22)(H2,15,16,17,19). The topological polar surface area (TPSA) is 149 Å². The highest BCUT2D eigenvalue weighted by Gasteiger charge is 2.14. The van der Waals surface area contributed by atoms with Crippen LogP contribution in [0.25, 0.3) is 11.2 Å². The summed E-state index contributed by atoms with van der Waals surface area (Å²) in [4.78, 5) is 36.2. The first-order chi connectivity index (χ1) is 11.5. The molecule has 5 N–H and O–H groups in total. The van der Waals surface area contributed by atoms with E-state index < -0.39 is 18.2 Å². The average molecular weight is 332 g/mol. The first kappa shape index (κ1) is 15.6. The van der Waals surface area contributed by atoms with Crippen LogP contribution in [0.3, 0.4) is 0 Å². The Labute approximate surface area is 135 Å². The maximum atomic E-state index is 11.6. The number of H-pyrrole nitrogens is 2. The minimum atomic E-state index is -1.20. The van der Waals surface area contributed by atoms with Gasteiger partial charge in [-0.05, 0) is 25.0 Å². The van der Waals surface area contributed by atoms with Crippen molar-refractivity contribution >= 4 is 23.1 Å². The van der Waals surface area contributed by atoms with E-state index in [9.17, 15) is 14.7 Å². The van der Waals surface area contributed by atoms with E-state index in [2.05, 4.69) is 25.3 Å². The van der Waals surface area contributed by atoms with Crippen LogP contribution in [0.4, 0.5) is 5.95 Å². The minimum Gasteiger partial charge on any atom is -0.493 e. The Morgan fingerprint density at radius 2 is 2.21 bits per heavy atom. The average Bonchev–Trinajstić information content (AvgIpc) is 3.07. The first-order valence-electron chi connectivity index (χ1n) is 7.31. The van der Waals surface area contributed by atoms with Crippen molar-refractivity contribution in [2.24, 2.45) is 0 Å². The van der Waals surface area contributed by atoms with E-state index in [0.717, 1.165) is 10.1 Å². The number of rotatable bonds is 7. The molecule has 3 heterocycles. The summed E-state index contributed by atoms with van der Waals surface area (Å²) < 4.78 is 0.788. The van der Waals surface area contributed by atoms with Gasteiger partial charge < -0.3 is 25.5 Å². The number of carbonyl (C=O) groups is 1. The Balaban J connectivity index is 1.56. The van der Waals surface area contributed by atoms with E-state index in [1.165, 1.54) is 0 Å². The number of aliphatic carboxylic acids is 1. The molecule has 10 nitrogen and oxygen atoms in total. The summed E-state index contributed by atoms with van der Waals surface area (Å²) in [5.74, 6) is -0.946. The van der Waals surface area contributed by atoms with Crippen molar-refractivity contribution in [2.45, 2.75) is 19.4 Å². The van der Waals surface area contributed by atoms with Crippen molar-refractivity contribution in [1.29, 1.82) is 0 Å². The van der Waals surface area contributed by atoms with Crippen LogP contribution in [0.15, 0.2) is 23.1 Å². The van der Waals surface area contributed by atoms with Crippen LogP contribution in [0, 0.1) is 0 Å². The molecular formula is C14H16N6O4. The molecule has 0 bridgehead atoms. The highest BCUT2D eigenvalue weighted by Crippen LogP contribution is 2.15. The van der Waals surface area contributed by atoms with Crippen molar-refractivity contribution in [3.8, 4) is 5.88 Å². The van der Waals surface area contributed by atoms with E-state index in [0.29, 0.717) is 36.7 Å². The maximum absolute atomic E-state index is 11.6. The summed E-state index contributed by atoms with van der Waals surface area (Å²) in [6, 6.07) is 3.68. The molecule has 10 heteroatoms. The van der Waals surface area contributed by atoms with Crippen LogP contribution in [0.2, 0.25) is 0 Å². The first-order valence-corrected chi connectivity index (χ1v) is 7.31. The fraction of sp³-hybridized carbons (Fsp3) is 0.286. The summed E-state index contributed by atoms with van der Waals surface area (Å²) in [5, 5.41) is 21.7. The number of aromatic nitrogens is 5. The number of nitrogens with zero attached hydrogens (tertiary/aromatic N) is 3. The number of hydrogen-bond donors (Lipinski definition) is 5. The largest absolute Gasteiger partial charge is 0.493 e. The molecule has 0 aliphatic rings. The summed E-state index contributed by atoms with van der Waals surface area (Å²) in [5.41, 5.74) is 1.12. The van der Waals surface area contributed by atoms with Gasteiger partial charge in [-0.15, -0.1) is 0 Å². The lowest BCUT2D eigenvalue weighted by Gasteiger charge is -2.03. The Hall–Kier alpha value is -3.30.